The molecule has 3 unspecified atom stereocenters. The fourth-order valence-corrected chi connectivity index (χ4v) is 7.44. The molecule has 1 aromatic carbocycles. The number of hydrogen-bond donors (Lipinski definition) is 1. The first kappa shape index (κ1) is 25.4. The highest BCUT2D eigenvalue weighted by Gasteiger charge is 2.32. The number of fused-ring (bicyclic) bond motifs is 2. The van der Waals surface area contributed by atoms with E-state index in [0.29, 0.717) is 30.3 Å². The van der Waals surface area contributed by atoms with E-state index in [2.05, 4.69) is 44.1 Å². The van der Waals surface area contributed by atoms with Gasteiger partial charge in [0.2, 0.25) is 0 Å². The molecule has 2 aromatic rings. The Kier molecular flexibility index (Phi) is 6.90. The Morgan fingerprint density at radius 3 is 2.55 bits per heavy atom. The molecule has 0 amide bonds. The Hall–Kier alpha value is -2.92. The van der Waals surface area contributed by atoms with Crippen molar-refractivity contribution >= 4 is 11.1 Å². The maximum absolute atomic E-state index is 10.9. The van der Waals surface area contributed by atoms with E-state index in [1.165, 1.54) is 40.0 Å². The van der Waals surface area contributed by atoms with Crippen molar-refractivity contribution in [2.24, 2.45) is 11.8 Å². The van der Waals surface area contributed by atoms with Gasteiger partial charge in [-0.2, -0.15) is 10.2 Å². The standard InChI is InChI=1S/C33H40N2O3/c1-5-37-26-12-13-27(28(36)18-26)30-19(2)31-21(4)34-35-33(32(31)20(30)3)25-10-6-22(7-11-25)16-23-8-9-24-14-15-38-29(24)17-23/h8-9,12-13,17-18,22,24-25,29-30,36H,5-7,10-11,14-16H2,1-4H3. The first-order valence-corrected chi connectivity index (χ1v) is 14.5. The van der Waals surface area contributed by atoms with Crippen LogP contribution in [0.3, 0.4) is 0 Å². The fourth-order valence-electron chi connectivity index (χ4n) is 7.44. The number of aromatic nitrogens is 2. The SMILES string of the molecule is CCOc1ccc(C2C(C)=c3c(C)nnc(C4CCC(CC5=CC6OCCC6C=C5)CC4)c3=C2C)c(O)c1. The second-order valence-corrected chi connectivity index (χ2v) is 11.7. The highest BCUT2D eigenvalue weighted by Crippen LogP contribution is 2.42. The summed E-state index contributed by atoms with van der Waals surface area (Å²) < 4.78 is 11.5. The molecule has 0 radical (unpaired) electrons. The number of hydrogen-bond acceptors (Lipinski definition) is 5. The number of aryl methyl sites for hydroxylation is 1. The second kappa shape index (κ2) is 10.3. The smallest absolute Gasteiger partial charge is 0.123 e. The Balaban J connectivity index is 1.24. The zero-order chi connectivity index (χ0) is 26.4. The average Bonchev–Trinajstić information content (AvgIpc) is 3.48. The van der Waals surface area contributed by atoms with Crippen LogP contribution in [0.1, 0.15) is 88.1 Å². The summed E-state index contributed by atoms with van der Waals surface area (Å²) >= 11 is 0. The molecule has 1 aliphatic heterocycles. The predicted octanol–water partition coefficient (Wildman–Crippen LogP) is 5.59. The molecule has 38 heavy (non-hydrogen) atoms. The van der Waals surface area contributed by atoms with Crippen LogP contribution in [0.25, 0.3) is 11.1 Å². The van der Waals surface area contributed by atoms with Gasteiger partial charge in [-0.1, -0.05) is 35.4 Å². The molecule has 3 atom stereocenters. The number of benzene rings is 1. The van der Waals surface area contributed by atoms with Gasteiger partial charge in [-0.3, -0.25) is 0 Å². The minimum absolute atomic E-state index is 0.0344. The van der Waals surface area contributed by atoms with E-state index >= 15 is 0 Å². The lowest BCUT2D eigenvalue weighted by Gasteiger charge is -2.29. The zero-order valence-corrected chi connectivity index (χ0v) is 23.2. The summed E-state index contributed by atoms with van der Waals surface area (Å²) in [4.78, 5) is 0. The second-order valence-electron chi connectivity index (χ2n) is 11.7. The number of aromatic hydroxyl groups is 1. The van der Waals surface area contributed by atoms with Crippen LogP contribution in [0.4, 0.5) is 0 Å². The van der Waals surface area contributed by atoms with Gasteiger partial charge in [0.25, 0.3) is 0 Å². The van der Waals surface area contributed by atoms with Gasteiger partial charge in [-0.25, -0.2) is 0 Å². The van der Waals surface area contributed by atoms with Crippen LogP contribution in [0.5, 0.6) is 11.5 Å². The average molecular weight is 513 g/mol. The van der Waals surface area contributed by atoms with Crippen molar-refractivity contribution in [1.29, 1.82) is 0 Å². The monoisotopic (exact) mass is 512 g/mol. The summed E-state index contributed by atoms with van der Waals surface area (Å²) in [6.45, 7) is 9.89. The Morgan fingerprint density at radius 1 is 1.00 bits per heavy atom. The molecular weight excluding hydrogens is 472 g/mol. The number of allylic oxidation sites excluding steroid dienone is 2. The third-order valence-electron chi connectivity index (χ3n) is 9.33. The Labute approximate surface area is 226 Å². The zero-order valence-electron chi connectivity index (χ0n) is 23.2. The molecule has 1 N–H and O–H groups in total. The van der Waals surface area contributed by atoms with Gasteiger partial charge in [0.1, 0.15) is 11.5 Å². The lowest BCUT2D eigenvalue weighted by molar-refractivity contribution is 0.133. The number of phenolic OH excluding ortho intramolecular Hbond substituents is 1. The quantitative estimate of drug-likeness (QED) is 0.546. The molecule has 6 rings (SSSR count). The maximum atomic E-state index is 10.9. The van der Waals surface area contributed by atoms with E-state index in [1.54, 1.807) is 6.07 Å². The molecule has 3 aliphatic carbocycles. The summed E-state index contributed by atoms with van der Waals surface area (Å²) in [6.07, 6.45) is 14.5. The largest absolute Gasteiger partial charge is 0.507 e. The summed E-state index contributed by atoms with van der Waals surface area (Å²) in [7, 11) is 0. The van der Waals surface area contributed by atoms with E-state index in [4.69, 9.17) is 14.6 Å². The lowest BCUT2D eigenvalue weighted by Crippen LogP contribution is -2.35. The Morgan fingerprint density at radius 2 is 1.79 bits per heavy atom. The van der Waals surface area contributed by atoms with Gasteiger partial charge in [0.05, 0.1) is 24.1 Å². The molecule has 0 bridgehead atoms. The molecule has 4 aliphatic rings. The summed E-state index contributed by atoms with van der Waals surface area (Å²) in [5.74, 6) is 2.76. The molecule has 5 heteroatoms. The fraction of sp³-hybridized carbons (Fsp3) is 0.515. The molecule has 1 saturated carbocycles. The first-order chi connectivity index (χ1) is 18.4. The highest BCUT2D eigenvalue weighted by molar-refractivity contribution is 5.78. The van der Waals surface area contributed by atoms with Gasteiger partial charge in [0, 0.05) is 46.4 Å². The van der Waals surface area contributed by atoms with Crippen LogP contribution in [-0.4, -0.2) is 34.6 Å². The van der Waals surface area contributed by atoms with E-state index in [1.807, 2.05) is 19.1 Å². The number of nitrogens with zero attached hydrogens (tertiary/aromatic N) is 2. The van der Waals surface area contributed by atoms with Crippen molar-refractivity contribution in [3.8, 4) is 11.5 Å². The van der Waals surface area contributed by atoms with Crippen LogP contribution in [0, 0.1) is 18.8 Å². The molecule has 1 aromatic heterocycles. The van der Waals surface area contributed by atoms with Gasteiger partial charge in [-0.15, -0.1) is 0 Å². The summed E-state index contributed by atoms with van der Waals surface area (Å²) in [5, 5.41) is 22.9. The van der Waals surface area contributed by atoms with Gasteiger partial charge in [-0.05, 0) is 83.8 Å². The topological polar surface area (TPSA) is 64.5 Å². The molecule has 200 valence electrons. The summed E-state index contributed by atoms with van der Waals surface area (Å²) in [6, 6.07) is 5.71. The van der Waals surface area contributed by atoms with Gasteiger partial charge >= 0.3 is 0 Å². The van der Waals surface area contributed by atoms with Crippen LogP contribution < -0.4 is 15.2 Å². The molecule has 2 fully saturated rings. The van der Waals surface area contributed by atoms with Crippen molar-refractivity contribution in [1.82, 2.24) is 10.2 Å². The first-order valence-electron chi connectivity index (χ1n) is 14.5. The van der Waals surface area contributed by atoms with E-state index in [0.717, 1.165) is 55.2 Å². The van der Waals surface area contributed by atoms with Gasteiger partial charge < -0.3 is 14.6 Å². The minimum Gasteiger partial charge on any atom is -0.507 e. The van der Waals surface area contributed by atoms with Crippen molar-refractivity contribution in [3.05, 3.63) is 69.4 Å². The number of phenols is 1. The Bertz CT molecular complexity index is 1410. The normalized spacial score (nSPS) is 28.3. The third-order valence-corrected chi connectivity index (χ3v) is 9.33. The molecule has 5 nitrogen and oxygen atoms in total. The molecule has 0 spiro atoms. The molecule has 1 saturated heterocycles. The van der Waals surface area contributed by atoms with Crippen molar-refractivity contribution in [3.63, 3.8) is 0 Å². The predicted molar refractivity (Wildman–Crippen MR) is 151 cm³/mol. The third kappa shape index (κ3) is 4.49. The lowest BCUT2D eigenvalue weighted by atomic mass is 9.76. The van der Waals surface area contributed by atoms with Crippen LogP contribution in [-0.2, 0) is 4.74 Å². The van der Waals surface area contributed by atoms with E-state index < -0.39 is 0 Å². The van der Waals surface area contributed by atoms with Crippen molar-refractivity contribution < 1.29 is 14.6 Å². The number of rotatable bonds is 6. The van der Waals surface area contributed by atoms with E-state index in [-0.39, 0.29) is 11.7 Å². The molecular formula is C33H40N2O3. The van der Waals surface area contributed by atoms with Gasteiger partial charge in [0.15, 0.2) is 0 Å². The number of ether oxygens (including phenoxy) is 2. The van der Waals surface area contributed by atoms with E-state index in [9.17, 15) is 5.11 Å². The summed E-state index contributed by atoms with van der Waals surface area (Å²) in [5.41, 5.74) is 7.05. The minimum atomic E-state index is 0.0344. The van der Waals surface area contributed by atoms with Crippen LogP contribution >= 0.6 is 0 Å². The van der Waals surface area contributed by atoms with Crippen molar-refractivity contribution in [2.45, 2.75) is 84.2 Å². The van der Waals surface area contributed by atoms with Crippen molar-refractivity contribution in [2.75, 3.05) is 13.2 Å². The highest BCUT2D eigenvalue weighted by atomic mass is 16.5. The van der Waals surface area contributed by atoms with Crippen LogP contribution in [0.2, 0.25) is 0 Å². The maximum Gasteiger partial charge on any atom is 0.123 e. The van der Waals surface area contributed by atoms with Crippen LogP contribution in [0.15, 0.2) is 42.0 Å². The molecule has 2 heterocycles.